The summed E-state index contributed by atoms with van der Waals surface area (Å²) in [6.45, 7) is 1.61. The third-order valence-corrected chi connectivity index (χ3v) is 1.83. The summed E-state index contributed by atoms with van der Waals surface area (Å²) in [5, 5.41) is 8.66. The molecule has 5 heteroatoms. The third-order valence-electron chi connectivity index (χ3n) is 1.83. The maximum absolute atomic E-state index is 11.2. The monoisotopic (exact) mass is 224 g/mol. The average Bonchev–Trinajstić information content (AvgIpc) is 2.27. The van der Waals surface area contributed by atoms with E-state index in [1.807, 2.05) is 0 Å². The summed E-state index contributed by atoms with van der Waals surface area (Å²) in [5.74, 6) is -0.875. The van der Waals surface area contributed by atoms with Gasteiger partial charge >= 0.3 is 12.1 Å². The van der Waals surface area contributed by atoms with E-state index in [0.717, 1.165) is 0 Å². The molecule has 86 valence electrons. The van der Waals surface area contributed by atoms with Crippen LogP contribution in [0.4, 0.5) is 4.79 Å². The van der Waals surface area contributed by atoms with Gasteiger partial charge in [-0.1, -0.05) is 25.1 Å². The van der Waals surface area contributed by atoms with Crippen LogP contribution in [0, 0.1) is 0 Å². The Hall–Kier alpha value is -2.04. The van der Waals surface area contributed by atoms with E-state index in [9.17, 15) is 9.59 Å². The Balaban J connectivity index is 2.50. The van der Waals surface area contributed by atoms with Crippen LogP contribution in [0.5, 0.6) is 5.75 Å². The minimum Gasteiger partial charge on any atom is -0.479 e. The van der Waals surface area contributed by atoms with Gasteiger partial charge in [0.25, 0.3) is 0 Å². The molecule has 16 heavy (non-hydrogen) atoms. The smallest absolute Gasteiger partial charge is 0.479 e. The summed E-state index contributed by atoms with van der Waals surface area (Å²) in [6.07, 6.45) is -1.99. The number of aliphatic carboxylic acids is 1. The summed E-state index contributed by atoms with van der Waals surface area (Å²) in [5.41, 5.74) is 0. The first-order chi connectivity index (χ1) is 7.63. The van der Waals surface area contributed by atoms with Crippen molar-refractivity contribution in [3.05, 3.63) is 30.3 Å². The number of benzene rings is 1. The predicted molar refractivity (Wildman–Crippen MR) is 55.3 cm³/mol. The Labute approximate surface area is 92.6 Å². The fourth-order valence-electron chi connectivity index (χ4n) is 1.03. The van der Waals surface area contributed by atoms with Crippen LogP contribution in [0.15, 0.2) is 30.3 Å². The van der Waals surface area contributed by atoms with Crippen molar-refractivity contribution in [1.29, 1.82) is 0 Å². The van der Waals surface area contributed by atoms with Crippen molar-refractivity contribution in [2.24, 2.45) is 0 Å². The fraction of sp³-hybridized carbons (Fsp3) is 0.273. The first kappa shape index (κ1) is 12.0. The van der Waals surface area contributed by atoms with Crippen LogP contribution in [-0.4, -0.2) is 23.3 Å². The molecular formula is C11H12O5. The van der Waals surface area contributed by atoms with Gasteiger partial charge < -0.3 is 14.6 Å². The number of ether oxygens (including phenoxy) is 2. The van der Waals surface area contributed by atoms with E-state index < -0.39 is 18.2 Å². The zero-order chi connectivity index (χ0) is 12.0. The lowest BCUT2D eigenvalue weighted by atomic mass is 10.3. The molecule has 0 aliphatic carbocycles. The van der Waals surface area contributed by atoms with Crippen LogP contribution >= 0.6 is 0 Å². The average molecular weight is 224 g/mol. The number of rotatable bonds is 4. The van der Waals surface area contributed by atoms with Gasteiger partial charge in [0.05, 0.1) is 0 Å². The van der Waals surface area contributed by atoms with Crippen molar-refractivity contribution in [1.82, 2.24) is 0 Å². The van der Waals surface area contributed by atoms with Crippen molar-refractivity contribution in [3.63, 3.8) is 0 Å². The molecule has 0 saturated carbocycles. The van der Waals surface area contributed by atoms with Gasteiger partial charge in [0.2, 0.25) is 6.10 Å². The quantitative estimate of drug-likeness (QED) is 0.626. The molecule has 1 rings (SSSR count). The highest BCUT2D eigenvalue weighted by Gasteiger charge is 2.21. The molecule has 0 fully saturated rings. The summed E-state index contributed by atoms with van der Waals surface area (Å²) in [6, 6.07) is 8.30. The summed E-state index contributed by atoms with van der Waals surface area (Å²) >= 11 is 0. The molecule has 0 aliphatic rings. The van der Waals surface area contributed by atoms with Crippen LogP contribution in [0.3, 0.4) is 0 Å². The topological polar surface area (TPSA) is 72.8 Å². The molecule has 1 N–H and O–H groups in total. The lowest BCUT2D eigenvalue weighted by Gasteiger charge is -2.11. The first-order valence-electron chi connectivity index (χ1n) is 4.79. The van der Waals surface area contributed by atoms with E-state index in [-0.39, 0.29) is 6.42 Å². The number of hydrogen-bond acceptors (Lipinski definition) is 4. The minimum absolute atomic E-state index is 0.194. The van der Waals surface area contributed by atoms with E-state index in [4.69, 9.17) is 9.84 Å². The molecule has 0 amide bonds. The van der Waals surface area contributed by atoms with Gasteiger partial charge in [-0.25, -0.2) is 9.59 Å². The molecule has 0 bridgehead atoms. The highest BCUT2D eigenvalue weighted by molar-refractivity contribution is 5.76. The van der Waals surface area contributed by atoms with Crippen LogP contribution in [0.25, 0.3) is 0 Å². The Morgan fingerprint density at radius 3 is 2.44 bits per heavy atom. The normalized spacial score (nSPS) is 11.6. The van der Waals surface area contributed by atoms with E-state index >= 15 is 0 Å². The van der Waals surface area contributed by atoms with E-state index in [1.54, 1.807) is 37.3 Å². The summed E-state index contributed by atoms with van der Waals surface area (Å²) in [7, 11) is 0. The Bertz CT molecular complexity index is 360. The van der Waals surface area contributed by atoms with Crippen LogP contribution in [0.1, 0.15) is 13.3 Å². The predicted octanol–water partition coefficient (Wildman–Crippen LogP) is 2.07. The number of carbonyl (C=O) groups is 2. The van der Waals surface area contributed by atoms with Crippen molar-refractivity contribution in [2.45, 2.75) is 19.4 Å². The zero-order valence-corrected chi connectivity index (χ0v) is 8.75. The second kappa shape index (κ2) is 5.75. The van der Waals surface area contributed by atoms with Crippen LogP contribution < -0.4 is 4.74 Å². The number of carbonyl (C=O) groups excluding carboxylic acids is 1. The Kier molecular flexibility index (Phi) is 4.32. The number of para-hydroxylation sites is 1. The van der Waals surface area contributed by atoms with Gasteiger partial charge in [0, 0.05) is 0 Å². The van der Waals surface area contributed by atoms with E-state index in [0.29, 0.717) is 5.75 Å². The maximum Gasteiger partial charge on any atom is 0.514 e. The minimum atomic E-state index is -1.19. The Morgan fingerprint density at radius 2 is 1.94 bits per heavy atom. The second-order valence-electron chi connectivity index (χ2n) is 3.02. The highest BCUT2D eigenvalue weighted by atomic mass is 16.7. The zero-order valence-electron chi connectivity index (χ0n) is 8.75. The van der Waals surface area contributed by atoms with Crippen molar-refractivity contribution in [3.8, 4) is 5.75 Å². The van der Waals surface area contributed by atoms with Crippen LogP contribution in [0.2, 0.25) is 0 Å². The van der Waals surface area contributed by atoms with Crippen molar-refractivity contribution >= 4 is 12.1 Å². The van der Waals surface area contributed by atoms with Gasteiger partial charge in [-0.05, 0) is 18.6 Å². The number of carboxylic acids is 1. The lowest BCUT2D eigenvalue weighted by molar-refractivity contribution is -0.147. The van der Waals surface area contributed by atoms with Gasteiger partial charge in [-0.3, -0.25) is 0 Å². The number of carboxylic acid groups (broad SMARTS) is 1. The molecular weight excluding hydrogens is 212 g/mol. The molecule has 0 saturated heterocycles. The highest BCUT2D eigenvalue weighted by Crippen LogP contribution is 2.10. The molecule has 0 radical (unpaired) electrons. The van der Waals surface area contributed by atoms with Gasteiger partial charge in [-0.2, -0.15) is 0 Å². The third kappa shape index (κ3) is 3.61. The van der Waals surface area contributed by atoms with E-state index in [1.165, 1.54) is 0 Å². The standard InChI is InChI=1S/C11H12O5/c1-2-9(10(12)13)16-11(14)15-8-6-4-3-5-7-8/h3-7,9H,2H2,1H3,(H,12,13). The molecule has 0 spiro atoms. The fourth-order valence-corrected chi connectivity index (χ4v) is 1.03. The maximum atomic E-state index is 11.2. The molecule has 0 heterocycles. The van der Waals surface area contributed by atoms with Gasteiger partial charge in [-0.15, -0.1) is 0 Å². The van der Waals surface area contributed by atoms with Crippen molar-refractivity contribution < 1.29 is 24.2 Å². The largest absolute Gasteiger partial charge is 0.514 e. The SMILES string of the molecule is CCC(OC(=O)Oc1ccccc1)C(=O)O. The molecule has 0 aromatic heterocycles. The molecule has 1 aromatic rings. The lowest BCUT2D eigenvalue weighted by Crippen LogP contribution is -2.27. The van der Waals surface area contributed by atoms with Gasteiger partial charge in [0.15, 0.2) is 0 Å². The number of hydrogen-bond donors (Lipinski definition) is 1. The van der Waals surface area contributed by atoms with E-state index in [2.05, 4.69) is 4.74 Å². The molecule has 0 aliphatic heterocycles. The molecule has 5 nitrogen and oxygen atoms in total. The van der Waals surface area contributed by atoms with Crippen LogP contribution in [-0.2, 0) is 9.53 Å². The second-order valence-corrected chi connectivity index (χ2v) is 3.02. The van der Waals surface area contributed by atoms with Crippen molar-refractivity contribution in [2.75, 3.05) is 0 Å². The molecule has 1 atom stereocenters. The Morgan fingerprint density at radius 1 is 1.31 bits per heavy atom. The summed E-state index contributed by atoms with van der Waals surface area (Å²) < 4.78 is 9.38. The summed E-state index contributed by atoms with van der Waals surface area (Å²) in [4.78, 5) is 21.8. The molecule has 1 aromatic carbocycles. The van der Waals surface area contributed by atoms with Gasteiger partial charge in [0.1, 0.15) is 5.75 Å². The molecule has 1 unspecified atom stereocenters. The first-order valence-corrected chi connectivity index (χ1v) is 4.79.